The van der Waals surface area contributed by atoms with Crippen molar-refractivity contribution in [1.29, 1.82) is 5.26 Å². The van der Waals surface area contributed by atoms with Crippen LogP contribution in [0.5, 0.6) is 0 Å². The molecule has 0 aliphatic heterocycles. The first-order chi connectivity index (χ1) is 7.20. The second kappa shape index (κ2) is 4.01. The molecule has 0 N–H and O–H groups in total. The Morgan fingerprint density at radius 2 is 2.27 bits per heavy atom. The highest BCUT2D eigenvalue weighted by Crippen LogP contribution is 2.28. The lowest BCUT2D eigenvalue weighted by atomic mass is 10.1. The van der Waals surface area contributed by atoms with E-state index >= 15 is 0 Å². The summed E-state index contributed by atoms with van der Waals surface area (Å²) in [7, 11) is 0. The highest BCUT2D eigenvalue weighted by molar-refractivity contribution is 7.15. The van der Waals surface area contributed by atoms with Gasteiger partial charge >= 0.3 is 0 Å². The molecule has 74 valence electrons. The van der Waals surface area contributed by atoms with Crippen LogP contribution >= 0.6 is 22.9 Å². The molecule has 0 unspecified atom stereocenters. The minimum Gasteiger partial charge on any atom is -0.249 e. The van der Waals surface area contributed by atoms with Crippen LogP contribution in [-0.2, 0) is 0 Å². The molecule has 2 rings (SSSR count). The summed E-state index contributed by atoms with van der Waals surface area (Å²) in [6.45, 7) is 1.95. The first-order valence-corrected chi connectivity index (χ1v) is 5.52. The van der Waals surface area contributed by atoms with Crippen LogP contribution in [0.4, 0.5) is 0 Å². The quantitative estimate of drug-likeness (QED) is 0.755. The minimum absolute atomic E-state index is 0.488. The van der Waals surface area contributed by atoms with Crippen molar-refractivity contribution in [2.45, 2.75) is 6.92 Å². The summed E-state index contributed by atoms with van der Waals surface area (Å²) in [5.41, 5.74) is 1.49. The van der Waals surface area contributed by atoms with Crippen LogP contribution in [0.3, 0.4) is 0 Å². The van der Waals surface area contributed by atoms with Gasteiger partial charge in [0.25, 0.3) is 0 Å². The number of aromatic nitrogens is 1. The molecule has 1 heterocycles. The summed E-state index contributed by atoms with van der Waals surface area (Å²) in [5.74, 6) is 0. The molecule has 0 bridgehead atoms. The SMILES string of the molecule is Cc1ncc(-c2ccc(Cl)c(C#N)c2)s1. The average Bonchev–Trinajstić information content (AvgIpc) is 2.66. The number of benzene rings is 1. The van der Waals surface area contributed by atoms with Gasteiger partial charge in [0.1, 0.15) is 6.07 Å². The molecule has 0 aliphatic rings. The fraction of sp³-hybridized carbons (Fsp3) is 0.0909. The normalized spacial score (nSPS) is 9.93. The minimum atomic E-state index is 0.488. The van der Waals surface area contributed by atoms with Gasteiger partial charge in [-0.2, -0.15) is 5.26 Å². The van der Waals surface area contributed by atoms with Crippen molar-refractivity contribution in [1.82, 2.24) is 4.98 Å². The third-order valence-corrected chi connectivity index (χ3v) is 3.28. The maximum atomic E-state index is 8.85. The Bertz CT molecular complexity index is 540. The van der Waals surface area contributed by atoms with Gasteiger partial charge in [-0.25, -0.2) is 4.98 Å². The molecular formula is C11H7ClN2S. The molecule has 1 aromatic heterocycles. The van der Waals surface area contributed by atoms with Crippen LogP contribution in [0.25, 0.3) is 10.4 Å². The molecule has 15 heavy (non-hydrogen) atoms. The van der Waals surface area contributed by atoms with Gasteiger partial charge in [0.2, 0.25) is 0 Å². The van der Waals surface area contributed by atoms with E-state index in [0.29, 0.717) is 10.6 Å². The lowest BCUT2D eigenvalue weighted by Crippen LogP contribution is -1.79. The highest BCUT2D eigenvalue weighted by atomic mass is 35.5. The smallest absolute Gasteiger partial charge is 0.101 e. The number of nitrogens with zero attached hydrogens (tertiary/aromatic N) is 2. The van der Waals surface area contributed by atoms with Crippen molar-refractivity contribution in [2.24, 2.45) is 0 Å². The molecule has 0 fully saturated rings. The molecule has 0 radical (unpaired) electrons. The largest absolute Gasteiger partial charge is 0.249 e. The zero-order valence-electron chi connectivity index (χ0n) is 7.99. The molecule has 0 atom stereocenters. The molecule has 4 heteroatoms. The molecule has 2 aromatic rings. The van der Waals surface area contributed by atoms with Crippen molar-refractivity contribution in [2.75, 3.05) is 0 Å². The fourth-order valence-corrected chi connectivity index (χ4v) is 2.19. The summed E-state index contributed by atoms with van der Waals surface area (Å²) in [6, 6.07) is 7.49. The first kappa shape index (κ1) is 10.2. The fourth-order valence-electron chi connectivity index (χ4n) is 1.26. The van der Waals surface area contributed by atoms with Crippen molar-refractivity contribution < 1.29 is 0 Å². The maximum absolute atomic E-state index is 8.85. The Balaban J connectivity index is 2.51. The summed E-state index contributed by atoms with van der Waals surface area (Å²) in [4.78, 5) is 5.23. The maximum Gasteiger partial charge on any atom is 0.101 e. The monoisotopic (exact) mass is 234 g/mol. The average molecular weight is 235 g/mol. The van der Waals surface area contributed by atoms with Crippen LogP contribution in [0.1, 0.15) is 10.6 Å². The summed E-state index contributed by atoms with van der Waals surface area (Å²) in [5, 5.41) is 10.3. The lowest BCUT2D eigenvalue weighted by molar-refractivity contribution is 1.30. The van der Waals surface area contributed by atoms with Gasteiger partial charge in [0.05, 0.1) is 20.5 Å². The van der Waals surface area contributed by atoms with Crippen molar-refractivity contribution in [3.8, 4) is 16.5 Å². The number of hydrogen-bond donors (Lipinski definition) is 0. The molecule has 0 saturated carbocycles. The molecule has 0 spiro atoms. The van der Waals surface area contributed by atoms with E-state index in [1.807, 2.05) is 19.2 Å². The third-order valence-electron chi connectivity index (χ3n) is 1.99. The van der Waals surface area contributed by atoms with Crippen molar-refractivity contribution in [3.05, 3.63) is 40.0 Å². The second-order valence-electron chi connectivity index (χ2n) is 3.05. The van der Waals surface area contributed by atoms with E-state index in [9.17, 15) is 0 Å². The zero-order chi connectivity index (χ0) is 10.8. The molecule has 2 nitrogen and oxygen atoms in total. The summed E-state index contributed by atoms with van der Waals surface area (Å²) < 4.78 is 0. The molecular weight excluding hydrogens is 228 g/mol. The number of aryl methyl sites for hydroxylation is 1. The van der Waals surface area contributed by atoms with E-state index in [1.165, 1.54) is 0 Å². The number of nitriles is 1. The number of rotatable bonds is 1. The van der Waals surface area contributed by atoms with E-state index in [2.05, 4.69) is 11.1 Å². The summed E-state index contributed by atoms with van der Waals surface area (Å²) >= 11 is 7.46. The zero-order valence-corrected chi connectivity index (χ0v) is 9.56. The van der Waals surface area contributed by atoms with Crippen molar-refractivity contribution in [3.63, 3.8) is 0 Å². The molecule has 1 aromatic carbocycles. The second-order valence-corrected chi connectivity index (χ2v) is 4.69. The number of hydrogen-bond acceptors (Lipinski definition) is 3. The lowest BCUT2D eigenvalue weighted by Gasteiger charge is -1.98. The van der Waals surface area contributed by atoms with Crippen molar-refractivity contribution >= 4 is 22.9 Å². The summed E-state index contributed by atoms with van der Waals surface area (Å²) in [6.07, 6.45) is 1.81. The van der Waals surface area contributed by atoms with Gasteiger partial charge in [-0.3, -0.25) is 0 Å². The Labute approximate surface area is 96.8 Å². The van der Waals surface area contributed by atoms with Crippen LogP contribution in [-0.4, -0.2) is 4.98 Å². The van der Waals surface area contributed by atoms with Crippen LogP contribution < -0.4 is 0 Å². The topological polar surface area (TPSA) is 36.7 Å². The molecule has 0 aliphatic carbocycles. The van der Waals surface area contributed by atoms with Gasteiger partial charge in [0.15, 0.2) is 0 Å². The standard InChI is InChI=1S/C11H7ClN2S/c1-7-14-6-11(15-7)8-2-3-10(12)9(4-8)5-13/h2-4,6H,1H3. The van der Waals surface area contributed by atoms with Gasteiger partial charge in [-0.1, -0.05) is 17.7 Å². The highest BCUT2D eigenvalue weighted by Gasteiger charge is 2.05. The van der Waals surface area contributed by atoms with Crippen LogP contribution in [0.15, 0.2) is 24.4 Å². The Hall–Kier alpha value is -1.37. The van der Waals surface area contributed by atoms with E-state index < -0.39 is 0 Å². The molecule has 0 saturated heterocycles. The van der Waals surface area contributed by atoms with E-state index in [-0.39, 0.29) is 0 Å². The van der Waals surface area contributed by atoms with Gasteiger partial charge in [-0.15, -0.1) is 11.3 Å². The van der Waals surface area contributed by atoms with E-state index in [1.54, 1.807) is 23.5 Å². The van der Waals surface area contributed by atoms with E-state index in [4.69, 9.17) is 16.9 Å². The Morgan fingerprint density at radius 3 is 2.87 bits per heavy atom. The van der Waals surface area contributed by atoms with Gasteiger partial charge < -0.3 is 0 Å². The first-order valence-electron chi connectivity index (χ1n) is 4.33. The number of thiazole rings is 1. The Kier molecular flexibility index (Phi) is 2.72. The van der Waals surface area contributed by atoms with Gasteiger partial charge in [-0.05, 0) is 24.6 Å². The van der Waals surface area contributed by atoms with Crippen LogP contribution in [0, 0.1) is 18.3 Å². The van der Waals surface area contributed by atoms with Gasteiger partial charge in [0, 0.05) is 6.20 Å². The van der Waals surface area contributed by atoms with Crippen LogP contribution in [0.2, 0.25) is 5.02 Å². The predicted molar refractivity (Wildman–Crippen MR) is 62.0 cm³/mol. The number of halogens is 1. The molecule has 0 amide bonds. The predicted octanol–water partition coefficient (Wildman–Crippen LogP) is 3.64. The van der Waals surface area contributed by atoms with E-state index in [0.717, 1.165) is 15.4 Å². The third kappa shape index (κ3) is 2.01. The Morgan fingerprint density at radius 1 is 1.47 bits per heavy atom.